The average Bonchev–Trinajstić information content (AvgIpc) is 3.28. The zero-order chi connectivity index (χ0) is 23.9. The quantitative estimate of drug-likeness (QED) is 0.621. The molecule has 1 saturated heterocycles. The van der Waals surface area contributed by atoms with E-state index in [0.29, 0.717) is 31.6 Å². The van der Waals surface area contributed by atoms with Gasteiger partial charge < -0.3 is 24.6 Å². The molecule has 0 saturated carbocycles. The molecule has 2 N–H and O–H groups in total. The van der Waals surface area contributed by atoms with E-state index in [-0.39, 0.29) is 23.8 Å². The van der Waals surface area contributed by atoms with Crippen molar-refractivity contribution >= 4 is 22.7 Å². The Labute approximate surface area is 198 Å². The number of rotatable bonds is 4. The molecule has 5 rings (SSSR count). The fourth-order valence-corrected chi connectivity index (χ4v) is 5.69. The van der Waals surface area contributed by atoms with Gasteiger partial charge in [-0.25, -0.2) is 0 Å². The third-order valence-electron chi connectivity index (χ3n) is 7.46. The maximum Gasteiger partial charge on any atom is 0.255 e. The number of carbonyl (C=O) groups excluding carboxylic acids is 2. The van der Waals surface area contributed by atoms with Gasteiger partial charge in [-0.3, -0.25) is 14.6 Å². The van der Waals surface area contributed by atoms with Crippen LogP contribution in [0.4, 0.5) is 0 Å². The van der Waals surface area contributed by atoms with Crippen molar-refractivity contribution in [3.8, 4) is 5.75 Å². The Bertz CT molecular complexity index is 1210. The summed E-state index contributed by atoms with van der Waals surface area (Å²) >= 11 is 0. The number of carbonyl (C=O) groups is 2. The van der Waals surface area contributed by atoms with Crippen LogP contribution in [0.15, 0.2) is 42.7 Å². The summed E-state index contributed by atoms with van der Waals surface area (Å²) in [4.78, 5) is 37.3. The fraction of sp³-hybridized carbons (Fsp3) is 0.423. The van der Waals surface area contributed by atoms with Crippen molar-refractivity contribution in [2.45, 2.75) is 37.6 Å². The zero-order valence-corrected chi connectivity index (χ0v) is 19.6. The molecular weight excluding hydrogens is 432 g/mol. The van der Waals surface area contributed by atoms with E-state index in [9.17, 15) is 14.7 Å². The first-order chi connectivity index (χ1) is 16.5. The van der Waals surface area contributed by atoms with E-state index in [4.69, 9.17) is 4.74 Å². The van der Waals surface area contributed by atoms with Crippen LogP contribution >= 0.6 is 0 Å². The lowest BCUT2D eigenvalue weighted by atomic mass is 9.68. The number of likely N-dealkylation sites (tertiary alicyclic amines) is 1. The Morgan fingerprint density at radius 1 is 1.26 bits per heavy atom. The second-order valence-corrected chi connectivity index (χ2v) is 9.21. The van der Waals surface area contributed by atoms with Crippen LogP contribution in [0.2, 0.25) is 0 Å². The molecule has 1 fully saturated rings. The van der Waals surface area contributed by atoms with E-state index >= 15 is 0 Å². The number of H-pyrrole nitrogens is 1. The normalized spacial score (nSPS) is 19.3. The molecule has 8 nitrogen and oxygen atoms in total. The van der Waals surface area contributed by atoms with Gasteiger partial charge in [-0.05, 0) is 42.7 Å². The molecule has 0 radical (unpaired) electrons. The van der Waals surface area contributed by atoms with Crippen molar-refractivity contribution < 1.29 is 19.4 Å². The van der Waals surface area contributed by atoms with Crippen molar-refractivity contribution in [3.05, 3.63) is 59.5 Å². The Morgan fingerprint density at radius 2 is 2.06 bits per heavy atom. The number of aliphatic hydroxyl groups excluding tert-OH is 1. The third kappa shape index (κ3) is 3.53. The van der Waals surface area contributed by atoms with Gasteiger partial charge in [0.25, 0.3) is 5.91 Å². The minimum absolute atomic E-state index is 0.0163. The summed E-state index contributed by atoms with van der Waals surface area (Å²) in [5.74, 6) is 0.755. The molecule has 4 heterocycles. The number of ether oxygens (including phenoxy) is 1. The molecule has 1 atom stereocenters. The first-order valence-corrected chi connectivity index (χ1v) is 11.8. The van der Waals surface area contributed by atoms with E-state index in [1.165, 1.54) is 0 Å². The van der Waals surface area contributed by atoms with E-state index in [0.717, 1.165) is 40.8 Å². The zero-order valence-electron chi connectivity index (χ0n) is 19.6. The molecule has 8 heteroatoms. The standard InChI is InChI=1S/C26H30N4O4/c1-3-22(32)30-16-26(8-11-29(12-9-26)25(33)17-5-4-10-27-14-17)23-19-7-6-18(34-2)13-20(19)28-24(23)21(30)15-31/h4-7,10,13-14,21,28,31H,3,8-9,11-12,15-16H2,1-2H3/t21-/m0/s1. The van der Waals surface area contributed by atoms with Crippen LogP contribution < -0.4 is 4.74 Å². The molecule has 1 aromatic carbocycles. The highest BCUT2D eigenvalue weighted by atomic mass is 16.5. The summed E-state index contributed by atoms with van der Waals surface area (Å²) in [6, 6.07) is 9.12. The van der Waals surface area contributed by atoms with Gasteiger partial charge in [-0.1, -0.05) is 6.92 Å². The Hall–Kier alpha value is -3.39. The number of hydrogen-bond acceptors (Lipinski definition) is 5. The lowest BCUT2D eigenvalue weighted by Gasteiger charge is -2.50. The van der Waals surface area contributed by atoms with Crippen LogP contribution in [-0.4, -0.2) is 70.0 Å². The van der Waals surface area contributed by atoms with Gasteiger partial charge in [0.15, 0.2) is 0 Å². The van der Waals surface area contributed by atoms with E-state index in [2.05, 4.69) is 16.0 Å². The molecule has 2 aromatic heterocycles. The summed E-state index contributed by atoms with van der Waals surface area (Å²) in [5.41, 5.74) is 3.28. The van der Waals surface area contributed by atoms with Gasteiger partial charge >= 0.3 is 0 Å². The van der Waals surface area contributed by atoms with Gasteiger partial charge in [0, 0.05) is 66.5 Å². The van der Waals surface area contributed by atoms with Crippen molar-refractivity contribution in [1.29, 1.82) is 0 Å². The lowest BCUT2D eigenvalue weighted by Crippen LogP contribution is -2.55. The van der Waals surface area contributed by atoms with E-state index < -0.39 is 6.04 Å². The van der Waals surface area contributed by atoms with Crippen LogP contribution in [0.25, 0.3) is 10.9 Å². The molecule has 34 heavy (non-hydrogen) atoms. The maximum absolute atomic E-state index is 13.0. The Kier molecular flexibility index (Phi) is 5.77. The number of benzene rings is 1. The van der Waals surface area contributed by atoms with Crippen molar-refractivity contribution in [3.63, 3.8) is 0 Å². The number of piperidine rings is 1. The predicted molar refractivity (Wildman–Crippen MR) is 128 cm³/mol. The largest absolute Gasteiger partial charge is 0.497 e. The molecule has 2 aliphatic rings. The monoisotopic (exact) mass is 462 g/mol. The maximum atomic E-state index is 13.0. The van der Waals surface area contributed by atoms with Crippen molar-refractivity contribution in [2.75, 3.05) is 33.4 Å². The van der Waals surface area contributed by atoms with Crippen LogP contribution in [0.3, 0.4) is 0 Å². The van der Waals surface area contributed by atoms with Gasteiger partial charge in [0.05, 0.1) is 25.3 Å². The summed E-state index contributed by atoms with van der Waals surface area (Å²) in [6.45, 7) is 3.42. The van der Waals surface area contributed by atoms with Crippen LogP contribution in [0.5, 0.6) is 5.75 Å². The molecule has 0 aliphatic carbocycles. The fourth-order valence-electron chi connectivity index (χ4n) is 5.69. The number of aliphatic hydroxyl groups is 1. The van der Waals surface area contributed by atoms with E-state index in [1.807, 2.05) is 28.9 Å². The number of amides is 2. The SMILES string of the molecule is CCC(=O)N1CC2(CCN(C(=O)c3cccnc3)CC2)c2c([nH]c3cc(OC)ccc23)[C@@H]1CO. The lowest BCUT2D eigenvalue weighted by molar-refractivity contribution is -0.137. The number of fused-ring (bicyclic) bond motifs is 4. The minimum Gasteiger partial charge on any atom is -0.497 e. The number of methoxy groups -OCH3 is 1. The van der Waals surface area contributed by atoms with Gasteiger partial charge in [-0.15, -0.1) is 0 Å². The third-order valence-corrected chi connectivity index (χ3v) is 7.46. The number of aromatic amines is 1. The van der Waals surface area contributed by atoms with E-state index in [1.54, 1.807) is 31.6 Å². The summed E-state index contributed by atoms with van der Waals surface area (Å²) in [5, 5.41) is 11.4. The summed E-state index contributed by atoms with van der Waals surface area (Å²) < 4.78 is 5.42. The molecule has 3 aromatic rings. The molecule has 0 bridgehead atoms. The van der Waals surface area contributed by atoms with Crippen molar-refractivity contribution in [1.82, 2.24) is 19.8 Å². The number of nitrogens with zero attached hydrogens (tertiary/aromatic N) is 3. The first-order valence-electron chi connectivity index (χ1n) is 11.8. The molecule has 0 unspecified atom stereocenters. The predicted octanol–water partition coefficient (Wildman–Crippen LogP) is 3.03. The second kappa shape index (κ2) is 8.76. The topological polar surface area (TPSA) is 98.8 Å². The van der Waals surface area contributed by atoms with Crippen LogP contribution in [0, 0.1) is 0 Å². The molecule has 2 aliphatic heterocycles. The highest BCUT2D eigenvalue weighted by Crippen LogP contribution is 2.49. The average molecular weight is 463 g/mol. The van der Waals surface area contributed by atoms with Crippen LogP contribution in [-0.2, 0) is 10.2 Å². The minimum atomic E-state index is -0.415. The first kappa shape index (κ1) is 22.4. The molecular formula is C26H30N4O4. The number of pyridine rings is 1. The van der Waals surface area contributed by atoms with Crippen molar-refractivity contribution in [2.24, 2.45) is 0 Å². The summed E-state index contributed by atoms with van der Waals surface area (Å²) in [6.07, 6.45) is 5.11. The summed E-state index contributed by atoms with van der Waals surface area (Å²) in [7, 11) is 1.64. The highest BCUT2D eigenvalue weighted by Gasteiger charge is 2.48. The number of hydrogen-bond donors (Lipinski definition) is 2. The Balaban J connectivity index is 1.55. The van der Waals surface area contributed by atoms with Gasteiger partial charge in [0.2, 0.25) is 5.91 Å². The second-order valence-electron chi connectivity index (χ2n) is 9.21. The number of aromatic nitrogens is 2. The molecule has 1 spiro atoms. The Morgan fingerprint density at radius 3 is 2.71 bits per heavy atom. The van der Waals surface area contributed by atoms with Gasteiger partial charge in [-0.2, -0.15) is 0 Å². The smallest absolute Gasteiger partial charge is 0.255 e. The van der Waals surface area contributed by atoms with Gasteiger partial charge in [0.1, 0.15) is 5.75 Å². The number of nitrogens with one attached hydrogen (secondary N) is 1. The molecule has 2 amide bonds. The highest BCUT2D eigenvalue weighted by molar-refractivity contribution is 5.94. The molecule has 178 valence electrons. The van der Waals surface area contributed by atoms with Crippen LogP contribution in [0.1, 0.15) is 53.8 Å².